The highest BCUT2D eigenvalue weighted by atomic mass is 16.5. The Kier molecular flexibility index (Phi) is 4.45. The van der Waals surface area contributed by atoms with Crippen molar-refractivity contribution in [1.29, 1.82) is 0 Å². The number of hydrogen-bond acceptors (Lipinski definition) is 5. The minimum Gasteiger partial charge on any atom is -0.444 e. The summed E-state index contributed by atoms with van der Waals surface area (Å²) in [6.45, 7) is 4.10. The van der Waals surface area contributed by atoms with Crippen molar-refractivity contribution in [3.8, 4) is 0 Å². The van der Waals surface area contributed by atoms with Gasteiger partial charge in [-0.05, 0) is 13.8 Å². The van der Waals surface area contributed by atoms with E-state index < -0.39 is 6.04 Å². The molecule has 3 N–H and O–H groups in total. The Balaban J connectivity index is 2.42. The van der Waals surface area contributed by atoms with E-state index in [9.17, 15) is 4.79 Å². The van der Waals surface area contributed by atoms with Crippen LogP contribution in [0.3, 0.4) is 0 Å². The van der Waals surface area contributed by atoms with Crippen molar-refractivity contribution in [3.63, 3.8) is 0 Å². The highest BCUT2D eigenvalue weighted by Crippen LogP contribution is 2.07. The topological polar surface area (TPSA) is 90.4 Å². The number of carbonyl (C=O) groups excluding carboxylic acids is 1. The summed E-state index contributed by atoms with van der Waals surface area (Å²) in [6, 6.07) is -0.665. The zero-order valence-corrected chi connectivity index (χ0v) is 9.74. The third-order valence-electron chi connectivity index (χ3n) is 2.17. The summed E-state index contributed by atoms with van der Waals surface area (Å²) in [5, 5.41) is 2.62. The lowest BCUT2D eigenvalue weighted by Crippen LogP contribution is -2.43. The second-order valence-corrected chi connectivity index (χ2v) is 3.53. The Bertz CT molecular complexity index is 343. The second-order valence-electron chi connectivity index (χ2n) is 3.53. The molecular formula is C10H17N3O3. The standard InChI is InChI=1S/C10H17N3O3/c1-6-7(2)16-9(13-6)4-12-10(14)8(11)5-15-3/h8H,4-5,11H2,1-3H3,(H,12,14). The maximum atomic E-state index is 11.4. The Morgan fingerprint density at radius 1 is 1.62 bits per heavy atom. The van der Waals surface area contributed by atoms with Gasteiger partial charge in [-0.25, -0.2) is 4.98 Å². The summed E-state index contributed by atoms with van der Waals surface area (Å²) in [6.07, 6.45) is 0. The van der Waals surface area contributed by atoms with Crippen LogP contribution in [0, 0.1) is 13.8 Å². The van der Waals surface area contributed by atoms with Crippen molar-refractivity contribution in [2.75, 3.05) is 13.7 Å². The first-order chi connectivity index (χ1) is 7.54. The highest BCUT2D eigenvalue weighted by Gasteiger charge is 2.13. The van der Waals surface area contributed by atoms with Gasteiger partial charge in [-0.1, -0.05) is 0 Å². The molecule has 1 amide bonds. The fourth-order valence-corrected chi connectivity index (χ4v) is 1.16. The molecule has 0 aliphatic rings. The summed E-state index contributed by atoms with van der Waals surface area (Å²) in [5.74, 6) is 0.953. The van der Waals surface area contributed by atoms with Gasteiger partial charge in [0.25, 0.3) is 0 Å². The first-order valence-corrected chi connectivity index (χ1v) is 4.99. The van der Waals surface area contributed by atoms with Crippen LogP contribution in [0.2, 0.25) is 0 Å². The molecule has 1 heterocycles. The molecule has 0 saturated heterocycles. The molecule has 0 spiro atoms. The highest BCUT2D eigenvalue weighted by molar-refractivity contribution is 5.81. The SMILES string of the molecule is COCC(N)C(=O)NCc1nc(C)c(C)o1. The maximum absolute atomic E-state index is 11.4. The number of nitrogens with two attached hydrogens (primary N) is 1. The molecule has 1 atom stereocenters. The van der Waals surface area contributed by atoms with E-state index in [1.807, 2.05) is 13.8 Å². The number of nitrogens with zero attached hydrogens (tertiary/aromatic N) is 1. The van der Waals surface area contributed by atoms with Crippen molar-refractivity contribution in [2.24, 2.45) is 5.73 Å². The lowest BCUT2D eigenvalue weighted by atomic mass is 10.3. The molecule has 0 aliphatic heterocycles. The summed E-state index contributed by atoms with van der Waals surface area (Å²) < 4.78 is 10.1. The van der Waals surface area contributed by atoms with Gasteiger partial charge in [-0.2, -0.15) is 0 Å². The van der Waals surface area contributed by atoms with Gasteiger partial charge in [0.15, 0.2) is 0 Å². The minimum absolute atomic E-state index is 0.190. The predicted molar refractivity (Wildman–Crippen MR) is 57.7 cm³/mol. The van der Waals surface area contributed by atoms with Gasteiger partial charge in [-0.3, -0.25) is 4.79 Å². The molecule has 0 bridgehead atoms. The van der Waals surface area contributed by atoms with E-state index >= 15 is 0 Å². The predicted octanol–water partition coefficient (Wildman–Crippen LogP) is -0.119. The van der Waals surface area contributed by atoms with Crippen LogP contribution in [0.15, 0.2) is 4.42 Å². The number of rotatable bonds is 5. The molecule has 6 heteroatoms. The van der Waals surface area contributed by atoms with Crippen LogP contribution in [-0.2, 0) is 16.1 Å². The van der Waals surface area contributed by atoms with Gasteiger partial charge in [-0.15, -0.1) is 0 Å². The Morgan fingerprint density at radius 2 is 2.31 bits per heavy atom. The number of oxazole rings is 1. The Hall–Kier alpha value is -1.40. The van der Waals surface area contributed by atoms with Crippen LogP contribution in [0.5, 0.6) is 0 Å². The Morgan fingerprint density at radius 3 is 2.81 bits per heavy atom. The number of aryl methyl sites for hydroxylation is 2. The van der Waals surface area contributed by atoms with Crippen molar-refractivity contribution in [3.05, 3.63) is 17.3 Å². The first-order valence-electron chi connectivity index (χ1n) is 4.99. The molecule has 6 nitrogen and oxygen atoms in total. The molecule has 90 valence electrons. The number of amides is 1. The fraction of sp³-hybridized carbons (Fsp3) is 0.600. The molecular weight excluding hydrogens is 210 g/mol. The van der Waals surface area contributed by atoms with Crippen LogP contribution in [0.4, 0.5) is 0 Å². The summed E-state index contributed by atoms with van der Waals surface area (Å²) in [7, 11) is 1.49. The number of nitrogens with one attached hydrogen (secondary N) is 1. The molecule has 1 aromatic heterocycles. The van der Waals surface area contributed by atoms with Crippen LogP contribution in [-0.4, -0.2) is 30.6 Å². The number of aromatic nitrogens is 1. The van der Waals surface area contributed by atoms with E-state index in [-0.39, 0.29) is 19.1 Å². The molecule has 0 aliphatic carbocycles. The largest absolute Gasteiger partial charge is 0.444 e. The lowest BCUT2D eigenvalue weighted by Gasteiger charge is -2.09. The van der Waals surface area contributed by atoms with E-state index in [1.54, 1.807) is 0 Å². The van der Waals surface area contributed by atoms with E-state index in [4.69, 9.17) is 14.9 Å². The number of methoxy groups -OCH3 is 1. The summed E-state index contributed by atoms with van der Waals surface area (Å²) in [5.41, 5.74) is 6.36. The van der Waals surface area contributed by atoms with Gasteiger partial charge in [0.2, 0.25) is 11.8 Å². The smallest absolute Gasteiger partial charge is 0.239 e. The molecule has 1 unspecified atom stereocenters. The van der Waals surface area contributed by atoms with Crippen molar-refractivity contribution < 1.29 is 13.9 Å². The number of carbonyl (C=O) groups is 1. The number of ether oxygens (including phenoxy) is 1. The average molecular weight is 227 g/mol. The molecule has 0 fully saturated rings. The molecule has 1 aromatic rings. The maximum Gasteiger partial charge on any atom is 0.239 e. The lowest BCUT2D eigenvalue weighted by molar-refractivity contribution is -0.123. The second kappa shape index (κ2) is 5.62. The molecule has 1 rings (SSSR count). The fourth-order valence-electron chi connectivity index (χ4n) is 1.16. The van der Waals surface area contributed by atoms with Gasteiger partial charge < -0.3 is 20.2 Å². The number of hydrogen-bond donors (Lipinski definition) is 2. The van der Waals surface area contributed by atoms with Crippen molar-refractivity contribution >= 4 is 5.91 Å². The van der Waals surface area contributed by atoms with Gasteiger partial charge in [0.1, 0.15) is 11.8 Å². The van der Waals surface area contributed by atoms with Crippen molar-refractivity contribution in [1.82, 2.24) is 10.3 Å². The van der Waals surface area contributed by atoms with Crippen LogP contribution < -0.4 is 11.1 Å². The zero-order chi connectivity index (χ0) is 12.1. The van der Waals surface area contributed by atoms with Gasteiger partial charge in [0.05, 0.1) is 18.8 Å². The van der Waals surface area contributed by atoms with E-state index in [1.165, 1.54) is 7.11 Å². The quantitative estimate of drug-likeness (QED) is 0.732. The molecule has 0 aromatic carbocycles. The van der Waals surface area contributed by atoms with Crippen LogP contribution >= 0.6 is 0 Å². The zero-order valence-electron chi connectivity index (χ0n) is 9.74. The van der Waals surface area contributed by atoms with Crippen molar-refractivity contribution in [2.45, 2.75) is 26.4 Å². The molecule has 16 heavy (non-hydrogen) atoms. The third-order valence-corrected chi connectivity index (χ3v) is 2.17. The normalized spacial score (nSPS) is 12.5. The monoisotopic (exact) mass is 227 g/mol. The average Bonchev–Trinajstić information content (AvgIpc) is 2.55. The molecule has 0 saturated carbocycles. The summed E-state index contributed by atoms with van der Waals surface area (Å²) in [4.78, 5) is 15.5. The van der Waals surface area contributed by atoms with Crippen LogP contribution in [0.1, 0.15) is 17.3 Å². The van der Waals surface area contributed by atoms with E-state index in [2.05, 4.69) is 10.3 Å². The van der Waals surface area contributed by atoms with E-state index in [0.29, 0.717) is 5.89 Å². The Labute approximate surface area is 94.2 Å². The van der Waals surface area contributed by atoms with E-state index in [0.717, 1.165) is 11.5 Å². The minimum atomic E-state index is -0.665. The van der Waals surface area contributed by atoms with Gasteiger partial charge >= 0.3 is 0 Å². The molecule has 0 radical (unpaired) electrons. The third kappa shape index (κ3) is 3.32. The van der Waals surface area contributed by atoms with Gasteiger partial charge in [0, 0.05) is 7.11 Å². The van der Waals surface area contributed by atoms with Crippen LogP contribution in [0.25, 0.3) is 0 Å². The first kappa shape index (κ1) is 12.7. The summed E-state index contributed by atoms with van der Waals surface area (Å²) >= 11 is 0.